The minimum atomic E-state index is -0.343. The molecular formula is C24H26N2O3. The van der Waals surface area contributed by atoms with Gasteiger partial charge in [-0.15, -0.1) is 0 Å². The van der Waals surface area contributed by atoms with Gasteiger partial charge < -0.3 is 14.6 Å². The summed E-state index contributed by atoms with van der Waals surface area (Å²) in [4.78, 5) is 24.8. The topological polar surface area (TPSA) is 60.3 Å². The summed E-state index contributed by atoms with van der Waals surface area (Å²) in [6, 6.07) is 19.4. The highest BCUT2D eigenvalue weighted by Crippen LogP contribution is 2.27. The molecule has 0 fully saturated rings. The van der Waals surface area contributed by atoms with Gasteiger partial charge in [0.15, 0.2) is 0 Å². The van der Waals surface area contributed by atoms with Crippen LogP contribution in [0.2, 0.25) is 0 Å². The van der Waals surface area contributed by atoms with Crippen LogP contribution in [0.5, 0.6) is 0 Å². The summed E-state index contributed by atoms with van der Waals surface area (Å²) in [5.74, 6) is -0.413. The number of hydrogen-bond acceptors (Lipinski definition) is 3. The number of carbonyl (C=O) groups excluding carboxylic acids is 2. The number of amides is 1. The van der Waals surface area contributed by atoms with Crippen molar-refractivity contribution in [2.75, 3.05) is 11.9 Å². The molecule has 0 unspecified atom stereocenters. The predicted octanol–water partition coefficient (Wildman–Crippen LogP) is 4.98. The van der Waals surface area contributed by atoms with Crippen LogP contribution in [0.1, 0.15) is 35.0 Å². The molecule has 0 aliphatic carbocycles. The second-order valence-corrected chi connectivity index (χ2v) is 6.93. The number of aromatic nitrogens is 1. The van der Waals surface area contributed by atoms with Crippen LogP contribution in [0.25, 0.3) is 11.3 Å². The van der Waals surface area contributed by atoms with E-state index in [0.29, 0.717) is 25.1 Å². The summed E-state index contributed by atoms with van der Waals surface area (Å²) in [5.41, 5.74) is 5.14. The van der Waals surface area contributed by atoms with Crippen molar-refractivity contribution in [2.24, 2.45) is 0 Å². The summed E-state index contributed by atoms with van der Waals surface area (Å²) >= 11 is 0. The standard InChI is InChI=1S/C24H26N2O3/c1-4-29-24(28)21-16-22(19-8-6-5-7-9-19)26(18(21)3)15-14-23(27)25-20-12-10-17(2)11-13-20/h5-13,16H,4,14-15H2,1-3H3,(H,25,27). The molecule has 1 aromatic heterocycles. The van der Waals surface area contributed by atoms with Crippen LogP contribution in [-0.4, -0.2) is 23.1 Å². The van der Waals surface area contributed by atoms with Gasteiger partial charge in [0.1, 0.15) is 0 Å². The Morgan fingerprint density at radius 3 is 2.34 bits per heavy atom. The zero-order valence-electron chi connectivity index (χ0n) is 17.1. The Morgan fingerprint density at radius 2 is 1.69 bits per heavy atom. The van der Waals surface area contributed by atoms with Gasteiger partial charge in [-0.25, -0.2) is 4.79 Å². The minimum absolute atomic E-state index is 0.0707. The zero-order valence-corrected chi connectivity index (χ0v) is 17.1. The lowest BCUT2D eigenvalue weighted by Crippen LogP contribution is -2.16. The maximum absolute atomic E-state index is 12.5. The minimum Gasteiger partial charge on any atom is -0.462 e. The Kier molecular flexibility index (Phi) is 6.50. The van der Waals surface area contributed by atoms with Gasteiger partial charge in [-0.2, -0.15) is 0 Å². The second kappa shape index (κ2) is 9.24. The van der Waals surface area contributed by atoms with E-state index < -0.39 is 0 Å². The van der Waals surface area contributed by atoms with E-state index in [9.17, 15) is 9.59 Å². The van der Waals surface area contributed by atoms with Crippen molar-refractivity contribution in [3.63, 3.8) is 0 Å². The number of benzene rings is 2. The number of anilines is 1. The lowest BCUT2D eigenvalue weighted by atomic mass is 10.1. The highest BCUT2D eigenvalue weighted by molar-refractivity contribution is 5.93. The molecule has 0 aliphatic heterocycles. The number of carbonyl (C=O) groups is 2. The van der Waals surface area contributed by atoms with Crippen LogP contribution in [0.3, 0.4) is 0 Å². The smallest absolute Gasteiger partial charge is 0.339 e. The average Bonchev–Trinajstić information content (AvgIpc) is 3.05. The second-order valence-electron chi connectivity index (χ2n) is 6.93. The first-order valence-electron chi connectivity index (χ1n) is 9.78. The Hall–Kier alpha value is -3.34. The number of aryl methyl sites for hydroxylation is 1. The highest BCUT2D eigenvalue weighted by atomic mass is 16.5. The number of nitrogens with zero attached hydrogens (tertiary/aromatic N) is 1. The Morgan fingerprint density at radius 1 is 1.00 bits per heavy atom. The van der Waals surface area contributed by atoms with Gasteiger partial charge in [-0.05, 0) is 44.5 Å². The lowest BCUT2D eigenvalue weighted by Gasteiger charge is -2.12. The van der Waals surface area contributed by atoms with E-state index in [4.69, 9.17) is 4.74 Å². The maximum atomic E-state index is 12.5. The summed E-state index contributed by atoms with van der Waals surface area (Å²) < 4.78 is 7.21. The van der Waals surface area contributed by atoms with E-state index in [1.54, 1.807) is 6.92 Å². The molecule has 3 aromatic rings. The monoisotopic (exact) mass is 390 g/mol. The third-order valence-electron chi connectivity index (χ3n) is 4.83. The largest absolute Gasteiger partial charge is 0.462 e. The van der Waals surface area contributed by atoms with Crippen LogP contribution in [0.15, 0.2) is 60.7 Å². The number of rotatable bonds is 7. The van der Waals surface area contributed by atoms with E-state index >= 15 is 0 Å². The van der Waals surface area contributed by atoms with Crippen molar-refractivity contribution in [3.05, 3.63) is 77.5 Å². The number of nitrogens with one attached hydrogen (secondary N) is 1. The third kappa shape index (κ3) is 4.93. The van der Waals surface area contributed by atoms with Gasteiger partial charge in [-0.3, -0.25) is 4.79 Å². The van der Waals surface area contributed by atoms with E-state index in [1.807, 2.05) is 79.1 Å². The van der Waals surface area contributed by atoms with Gasteiger partial charge in [0, 0.05) is 30.0 Å². The quantitative estimate of drug-likeness (QED) is 0.579. The molecule has 0 saturated heterocycles. The first-order valence-corrected chi connectivity index (χ1v) is 9.78. The molecule has 150 valence electrons. The molecule has 5 nitrogen and oxygen atoms in total. The maximum Gasteiger partial charge on any atom is 0.339 e. The molecule has 0 bridgehead atoms. The van der Waals surface area contributed by atoms with Gasteiger partial charge in [0.05, 0.1) is 12.2 Å². The van der Waals surface area contributed by atoms with Crippen molar-refractivity contribution in [1.29, 1.82) is 0 Å². The SMILES string of the molecule is CCOC(=O)c1cc(-c2ccccc2)n(CCC(=O)Nc2ccc(C)cc2)c1C. The summed E-state index contributed by atoms with van der Waals surface area (Å²) in [7, 11) is 0. The predicted molar refractivity (Wildman–Crippen MR) is 115 cm³/mol. The van der Waals surface area contributed by atoms with Crippen molar-refractivity contribution < 1.29 is 14.3 Å². The van der Waals surface area contributed by atoms with Crippen molar-refractivity contribution in [3.8, 4) is 11.3 Å². The molecule has 1 amide bonds. The fourth-order valence-corrected chi connectivity index (χ4v) is 3.27. The van der Waals surface area contributed by atoms with Crippen LogP contribution < -0.4 is 5.32 Å². The summed E-state index contributed by atoms with van der Waals surface area (Å²) in [5, 5.41) is 2.92. The number of esters is 1. The number of hydrogen-bond donors (Lipinski definition) is 1. The van der Waals surface area contributed by atoms with Crippen molar-refractivity contribution >= 4 is 17.6 Å². The molecule has 1 heterocycles. The van der Waals surface area contributed by atoms with Gasteiger partial charge in [0.2, 0.25) is 5.91 Å². The lowest BCUT2D eigenvalue weighted by molar-refractivity contribution is -0.116. The Bertz CT molecular complexity index is 989. The van der Waals surface area contributed by atoms with Crippen LogP contribution in [-0.2, 0) is 16.1 Å². The molecule has 0 radical (unpaired) electrons. The molecule has 5 heteroatoms. The van der Waals surface area contributed by atoms with Crippen LogP contribution >= 0.6 is 0 Å². The first-order chi connectivity index (χ1) is 14.0. The molecule has 0 aliphatic rings. The highest BCUT2D eigenvalue weighted by Gasteiger charge is 2.19. The zero-order chi connectivity index (χ0) is 20.8. The van der Waals surface area contributed by atoms with Gasteiger partial charge in [-0.1, -0.05) is 48.0 Å². The fraction of sp³-hybridized carbons (Fsp3) is 0.250. The van der Waals surface area contributed by atoms with Crippen molar-refractivity contribution in [2.45, 2.75) is 33.7 Å². The van der Waals surface area contributed by atoms with Gasteiger partial charge in [0.25, 0.3) is 0 Å². The van der Waals surface area contributed by atoms with Gasteiger partial charge >= 0.3 is 5.97 Å². The summed E-state index contributed by atoms with van der Waals surface area (Å²) in [6.45, 7) is 6.47. The Labute approximate surface area is 171 Å². The molecule has 0 atom stereocenters. The van der Waals surface area contributed by atoms with E-state index in [0.717, 1.165) is 28.2 Å². The fourth-order valence-electron chi connectivity index (χ4n) is 3.27. The molecule has 0 saturated carbocycles. The molecule has 29 heavy (non-hydrogen) atoms. The van der Waals surface area contributed by atoms with Crippen molar-refractivity contribution in [1.82, 2.24) is 4.57 Å². The van der Waals surface area contributed by atoms with Crippen LogP contribution in [0.4, 0.5) is 5.69 Å². The average molecular weight is 390 g/mol. The molecule has 3 rings (SSSR count). The van der Waals surface area contributed by atoms with E-state index in [-0.39, 0.29) is 11.9 Å². The number of ether oxygens (including phenoxy) is 1. The van der Waals surface area contributed by atoms with Crippen LogP contribution in [0, 0.1) is 13.8 Å². The molecule has 0 spiro atoms. The first kappa shape index (κ1) is 20.4. The molecular weight excluding hydrogens is 364 g/mol. The third-order valence-corrected chi connectivity index (χ3v) is 4.83. The molecule has 2 aromatic carbocycles. The van der Waals surface area contributed by atoms with E-state index in [1.165, 1.54) is 0 Å². The van der Waals surface area contributed by atoms with E-state index in [2.05, 4.69) is 5.32 Å². The summed E-state index contributed by atoms with van der Waals surface area (Å²) in [6.07, 6.45) is 0.297. The Balaban J connectivity index is 1.82. The molecule has 1 N–H and O–H groups in total. The normalized spacial score (nSPS) is 10.6.